The van der Waals surface area contributed by atoms with Crippen molar-refractivity contribution < 1.29 is 27.6 Å². The fourth-order valence-electron chi connectivity index (χ4n) is 2.46. The summed E-state index contributed by atoms with van der Waals surface area (Å²) in [5.74, 6) is -1.32. The number of methoxy groups -OCH3 is 1. The Labute approximate surface area is 157 Å². The average Bonchev–Trinajstić information content (AvgIpc) is 2.71. The molecule has 1 aromatic carbocycles. The predicted octanol–water partition coefficient (Wildman–Crippen LogP) is 4.27. The number of halogens is 2. The summed E-state index contributed by atoms with van der Waals surface area (Å²) >= 11 is 1.07. The second-order valence-corrected chi connectivity index (χ2v) is 8.25. The third-order valence-corrected chi connectivity index (χ3v) is 5.46. The molecule has 0 aromatic heterocycles. The van der Waals surface area contributed by atoms with Gasteiger partial charge in [0.1, 0.15) is 5.82 Å². The zero-order valence-electron chi connectivity index (χ0n) is 15.8. The van der Waals surface area contributed by atoms with Gasteiger partial charge in [0.05, 0.1) is 18.3 Å². The van der Waals surface area contributed by atoms with E-state index in [0.717, 1.165) is 17.8 Å². The quantitative estimate of drug-likeness (QED) is 0.710. The maximum Gasteiger partial charge on any atom is 0.491 e. The summed E-state index contributed by atoms with van der Waals surface area (Å²) in [4.78, 5) is 11.4. The van der Waals surface area contributed by atoms with Crippen LogP contribution in [0.15, 0.2) is 17.6 Å². The minimum Gasteiger partial charge on any atom is -0.493 e. The van der Waals surface area contributed by atoms with Crippen LogP contribution in [-0.4, -0.2) is 36.3 Å². The van der Waals surface area contributed by atoms with Crippen molar-refractivity contribution in [2.75, 3.05) is 12.9 Å². The molecular weight excluding hydrogens is 361 g/mol. The Kier molecular flexibility index (Phi) is 6.20. The highest BCUT2D eigenvalue weighted by Crippen LogP contribution is 2.40. The molecule has 26 heavy (non-hydrogen) atoms. The standard InChI is InChI=1S/C18H23BF2O4S/c1-11(22)26-10-13(19-24-17(2,3)18(4,5)25-19)7-12-8-14(20)9-15(21)16(12)23-6/h7-9H,10H2,1-6H3. The highest BCUT2D eigenvalue weighted by molar-refractivity contribution is 8.13. The van der Waals surface area contributed by atoms with Gasteiger partial charge >= 0.3 is 7.12 Å². The molecule has 0 amide bonds. The van der Waals surface area contributed by atoms with Gasteiger partial charge in [-0.1, -0.05) is 17.8 Å². The molecule has 0 unspecified atom stereocenters. The van der Waals surface area contributed by atoms with Gasteiger partial charge in [-0.05, 0) is 39.2 Å². The molecule has 1 saturated heterocycles. The number of rotatable bonds is 5. The SMILES string of the molecule is COc1c(F)cc(F)cc1C=C(CSC(C)=O)B1OC(C)(C)C(C)(C)O1. The summed E-state index contributed by atoms with van der Waals surface area (Å²) in [6, 6.07) is 1.93. The summed E-state index contributed by atoms with van der Waals surface area (Å²) in [6.45, 7) is 9.08. The molecule has 0 aliphatic carbocycles. The molecule has 1 aromatic rings. The first-order chi connectivity index (χ1) is 12.0. The van der Waals surface area contributed by atoms with E-state index in [1.165, 1.54) is 20.1 Å². The summed E-state index contributed by atoms with van der Waals surface area (Å²) in [5.41, 5.74) is -0.338. The minimum atomic E-state index is -0.800. The first-order valence-corrected chi connectivity index (χ1v) is 9.18. The fraction of sp³-hybridized carbons (Fsp3) is 0.500. The lowest BCUT2D eigenvalue weighted by Gasteiger charge is -2.32. The lowest BCUT2D eigenvalue weighted by atomic mass is 9.78. The van der Waals surface area contributed by atoms with Crippen LogP contribution in [0.25, 0.3) is 6.08 Å². The van der Waals surface area contributed by atoms with E-state index in [-0.39, 0.29) is 22.2 Å². The zero-order valence-corrected chi connectivity index (χ0v) is 16.6. The van der Waals surface area contributed by atoms with Crippen LogP contribution >= 0.6 is 11.8 Å². The summed E-state index contributed by atoms with van der Waals surface area (Å²) in [7, 11) is 0.579. The molecule has 0 atom stereocenters. The van der Waals surface area contributed by atoms with Crippen LogP contribution < -0.4 is 4.74 Å². The molecule has 1 fully saturated rings. The van der Waals surface area contributed by atoms with Crippen LogP contribution in [0.4, 0.5) is 8.78 Å². The largest absolute Gasteiger partial charge is 0.493 e. The van der Waals surface area contributed by atoms with Crippen LogP contribution in [0, 0.1) is 11.6 Å². The van der Waals surface area contributed by atoms with Crippen LogP contribution in [0.1, 0.15) is 40.2 Å². The Morgan fingerprint density at radius 1 is 1.23 bits per heavy atom. The van der Waals surface area contributed by atoms with Gasteiger partial charge in [0.15, 0.2) is 16.7 Å². The number of hydrogen-bond acceptors (Lipinski definition) is 5. The van der Waals surface area contributed by atoms with Crippen molar-refractivity contribution in [2.45, 2.75) is 45.8 Å². The molecule has 8 heteroatoms. The third-order valence-electron chi connectivity index (χ3n) is 4.58. The smallest absolute Gasteiger partial charge is 0.491 e. The van der Waals surface area contributed by atoms with Gasteiger partial charge in [-0.2, -0.15) is 0 Å². The topological polar surface area (TPSA) is 44.8 Å². The van der Waals surface area contributed by atoms with Crippen molar-refractivity contribution >= 4 is 30.1 Å². The molecule has 0 bridgehead atoms. The van der Waals surface area contributed by atoms with Crippen LogP contribution in [0.2, 0.25) is 0 Å². The molecule has 0 radical (unpaired) electrons. The van der Waals surface area contributed by atoms with Gasteiger partial charge in [0.2, 0.25) is 0 Å². The van der Waals surface area contributed by atoms with E-state index in [4.69, 9.17) is 14.0 Å². The highest BCUT2D eigenvalue weighted by Gasteiger charge is 2.52. The predicted molar refractivity (Wildman–Crippen MR) is 100 cm³/mol. The van der Waals surface area contributed by atoms with E-state index >= 15 is 0 Å². The van der Waals surface area contributed by atoms with E-state index in [9.17, 15) is 13.6 Å². The second-order valence-electron chi connectivity index (χ2n) is 7.10. The van der Waals surface area contributed by atoms with E-state index in [1.54, 1.807) is 6.08 Å². The maximum atomic E-state index is 14.0. The highest BCUT2D eigenvalue weighted by atomic mass is 32.2. The number of carbonyl (C=O) groups excluding carboxylic acids is 1. The van der Waals surface area contributed by atoms with Crippen LogP contribution in [-0.2, 0) is 14.1 Å². The average molecular weight is 384 g/mol. The molecule has 1 aliphatic rings. The second kappa shape index (κ2) is 7.70. The first kappa shape index (κ1) is 20.9. The molecular formula is C18H23BF2O4S. The molecule has 0 spiro atoms. The summed E-state index contributed by atoms with van der Waals surface area (Å²) in [5, 5.41) is -0.0789. The maximum absolute atomic E-state index is 14.0. The molecule has 0 saturated carbocycles. The number of ether oxygens (including phenoxy) is 1. The van der Waals surface area contributed by atoms with Gasteiger partial charge in [-0.15, -0.1) is 0 Å². The van der Waals surface area contributed by atoms with E-state index in [0.29, 0.717) is 5.47 Å². The Morgan fingerprint density at radius 2 is 1.81 bits per heavy atom. The minimum absolute atomic E-state index is 0.0757. The van der Waals surface area contributed by atoms with E-state index in [2.05, 4.69) is 0 Å². The molecule has 4 nitrogen and oxygen atoms in total. The Bertz CT molecular complexity index is 718. The Morgan fingerprint density at radius 3 is 2.31 bits per heavy atom. The molecule has 142 valence electrons. The molecule has 1 aliphatic heterocycles. The number of hydrogen-bond donors (Lipinski definition) is 0. The van der Waals surface area contributed by atoms with Crippen molar-refractivity contribution in [3.63, 3.8) is 0 Å². The van der Waals surface area contributed by atoms with Gasteiger partial charge < -0.3 is 14.0 Å². The van der Waals surface area contributed by atoms with Crippen molar-refractivity contribution in [1.82, 2.24) is 0 Å². The normalized spacial score (nSPS) is 18.9. The van der Waals surface area contributed by atoms with E-state index in [1.807, 2.05) is 27.7 Å². The van der Waals surface area contributed by atoms with E-state index < -0.39 is 30.0 Å². The zero-order chi connectivity index (χ0) is 19.7. The van der Waals surface area contributed by atoms with Crippen molar-refractivity contribution in [3.8, 4) is 5.75 Å². The van der Waals surface area contributed by atoms with Gasteiger partial charge in [0.25, 0.3) is 0 Å². The molecule has 2 rings (SSSR count). The summed E-state index contributed by atoms with van der Waals surface area (Å²) < 4.78 is 44.8. The van der Waals surface area contributed by atoms with Crippen molar-refractivity contribution in [3.05, 3.63) is 34.8 Å². The molecule has 1 heterocycles. The van der Waals surface area contributed by atoms with Gasteiger partial charge in [-0.25, -0.2) is 8.78 Å². The van der Waals surface area contributed by atoms with Crippen LogP contribution in [0.3, 0.4) is 0 Å². The Balaban J connectivity index is 2.46. The van der Waals surface area contributed by atoms with Crippen molar-refractivity contribution in [1.29, 1.82) is 0 Å². The number of thioether (sulfide) groups is 1. The van der Waals surface area contributed by atoms with Gasteiger partial charge in [0, 0.05) is 24.3 Å². The monoisotopic (exact) mass is 384 g/mol. The third kappa shape index (κ3) is 4.47. The molecule has 0 N–H and O–H groups in total. The fourth-order valence-corrected chi connectivity index (χ4v) is 3.05. The first-order valence-electron chi connectivity index (χ1n) is 8.19. The number of benzene rings is 1. The Hall–Kier alpha value is -1.38. The lowest BCUT2D eigenvalue weighted by Crippen LogP contribution is -2.41. The van der Waals surface area contributed by atoms with Crippen molar-refractivity contribution in [2.24, 2.45) is 0 Å². The summed E-state index contributed by atoms with van der Waals surface area (Å²) in [6.07, 6.45) is 1.56. The van der Waals surface area contributed by atoms with Crippen LogP contribution in [0.5, 0.6) is 5.75 Å². The lowest BCUT2D eigenvalue weighted by molar-refractivity contribution is -0.109. The number of carbonyl (C=O) groups is 1. The van der Waals surface area contributed by atoms with Gasteiger partial charge in [-0.3, -0.25) is 4.79 Å².